The zero-order chi connectivity index (χ0) is 14.4. The van der Waals surface area contributed by atoms with Crippen molar-refractivity contribution in [2.75, 3.05) is 33.7 Å². The summed E-state index contributed by atoms with van der Waals surface area (Å²) in [5.41, 5.74) is 0. The molecule has 0 unspecified atom stereocenters. The lowest BCUT2D eigenvalue weighted by molar-refractivity contribution is -0.127. The maximum Gasteiger partial charge on any atom is 0.317 e. The van der Waals surface area contributed by atoms with Crippen molar-refractivity contribution in [1.82, 2.24) is 20.4 Å². The summed E-state index contributed by atoms with van der Waals surface area (Å²) < 4.78 is 0. The monoisotopic (exact) mass is 270 g/mol. The highest BCUT2D eigenvalue weighted by Crippen LogP contribution is 2.11. The molecule has 0 spiro atoms. The number of hydrogen-bond donors (Lipinski definition) is 2. The molecule has 108 valence electrons. The van der Waals surface area contributed by atoms with Crippen LogP contribution in [0.1, 0.15) is 19.8 Å². The van der Waals surface area contributed by atoms with Gasteiger partial charge in [0.25, 0.3) is 0 Å². The number of carbonyl (C=O) groups is 3. The second-order valence-corrected chi connectivity index (χ2v) is 4.86. The second kappa shape index (κ2) is 6.96. The van der Waals surface area contributed by atoms with Crippen LogP contribution in [0.5, 0.6) is 0 Å². The fourth-order valence-electron chi connectivity index (χ4n) is 1.95. The first-order chi connectivity index (χ1) is 8.93. The first-order valence-electron chi connectivity index (χ1n) is 6.46. The molecule has 0 aromatic rings. The molecule has 4 amide bonds. The van der Waals surface area contributed by atoms with Crippen molar-refractivity contribution in [3.63, 3.8) is 0 Å². The number of amides is 4. The summed E-state index contributed by atoms with van der Waals surface area (Å²) in [4.78, 5) is 37.6. The van der Waals surface area contributed by atoms with Crippen LogP contribution < -0.4 is 10.6 Å². The van der Waals surface area contributed by atoms with Gasteiger partial charge in [0, 0.05) is 33.6 Å². The van der Waals surface area contributed by atoms with Crippen molar-refractivity contribution in [3.8, 4) is 0 Å². The van der Waals surface area contributed by atoms with Crippen LogP contribution in [0.25, 0.3) is 0 Å². The standard InChI is InChI=1S/C12H22N4O3/c1-4-5-16-8-9(6-11(16)18)14-10(17)7-13-12(19)15(2)3/h9H,4-8H2,1-3H3,(H,13,19)(H,14,17)/t9-/m1/s1. The third kappa shape index (κ3) is 4.76. The quantitative estimate of drug-likeness (QED) is 0.699. The minimum atomic E-state index is -0.315. The Bertz CT molecular complexity index is 357. The molecule has 1 rings (SSSR count). The van der Waals surface area contributed by atoms with Crippen LogP contribution in [0.2, 0.25) is 0 Å². The lowest BCUT2D eigenvalue weighted by Crippen LogP contribution is -2.45. The molecule has 1 aliphatic heterocycles. The highest BCUT2D eigenvalue weighted by molar-refractivity contribution is 5.85. The van der Waals surface area contributed by atoms with Gasteiger partial charge in [-0.15, -0.1) is 0 Å². The molecule has 1 aliphatic rings. The van der Waals surface area contributed by atoms with Gasteiger partial charge < -0.3 is 20.4 Å². The first kappa shape index (κ1) is 15.3. The van der Waals surface area contributed by atoms with Crippen molar-refractivity contribution >= 4 is 17.8 Å². The highest BCUT2D eigenvalue weighted by atomic mass is 16.2. The fourth-order valence-corrected chi connectivity index (χ4v) is 1.95. The van der Waals surface area contributed by atoms with Crippen molar-refractivity contribution in [2.24, 2.45) is 0 Å². The summed E-state index contributed by atoms with van der Waals surface area (Å²) in [6.45, 7) is 3.22. The van der Waals surface area contributed by atoms with Crippen molar-refractivity contribution in [1.29, 1.82) is 0 Å². The van der Waals surface area contributed by atoms with Gasteiger partial charge in [-0.25, -0.2) is 4.79 Å². The highest BCUT2D eigenvalue weighted by Gasteiger charge is 2.29. The number of nitrogens with zero attached hydrogens (tertiary/aromatic N) is 2. The molecule has 0 aromatic heterocycles. The van der Waals surface area contributed by atoms with Crippen LogP contribution in [0.4, 0.5) is 4.79 Å². The van der Waals surface area contributed by atoms with E-state index >= 15 is 0 Å². The van der Waals surface area contributed by atoms with E-state index in [0.29, 0.717) is 13.0 Å². The summed E-state index contributed by atoms with van der Waals surface area (Å²) in [7, 11) is 3.21. The lowest BCUT2D eigenvalue weighted by Gasteiger charge is -2.16. The molecular formula is C12H22N4O3. The van der Waals surface area contributed by atoms with E-state index < -0.39 is 0 Å². The predicted octanol–water partition coefficient (Wildman–Crippen LogP) is -0.615. The number of nitrogens with one attached hydrogen (secondary N) is 2. The van der Waals surface area contributed by atoms with Gasteiger partial charge in [-0.2, -0.15) is 0 Å². The second-order valence-electron chi connectivity index (χ2n) is 4.86. The van der Waals surface area contributed by atoms with Gasteiger partial charge >= 0.3 is 6.03 Å². The zero-order valence-electron chi connectivity index (χ0n) is 11.7. The Morgan fingerprint density at radius 1 is 1.42 bits per heavy atom. The molecule has 7 nitrogen and oxygen atoms in total. The Morgan fingerprint density at radius 3 is 2.68 bits per heavy atom. The molecular weight excluding hydrogens is 248 g/mol. The van der Waals surface area contributed by atoms with E-state index in [-0.39, 0.29) is 30.4 Å². The van der Waals surface area contributed by atoms with Gasteiger partial charge in [0.1, 0.15) is 0 Å². The maximum atomic E-state index is 11.6. The van der Waals surface area contributed by atoms with Crippen LogP contribution in [0.3, 0.4) is 0 Å². The molecule has 0 saturated carbocycles. The smallest absolute Gasteiger partial charge is 0.317 e. The van der Waals surface area contributed by atoms with Gasteiger partial charge in [-0.1, -0.05) is 6.92 Å². The summed E-state index contributed by atoms with van der Waals surface area (Å²) >= 11 is 0. The van der Waals surface area contributed by atoms with Crippen molar-refractivity contribution in [3.05, 3.63) is 0 Å². The SMILES string of the molecule is CCCN1C[C@H](NC(=O)CNC(=O)N(C)C)CC1=O. The molecule has 1 heterocycles. The van der Waals surface area contributed by atoms with E-state index in [1.807, 2.05) is 6.92 Å². The van der Waals surface area contributed by atoms with Crippen molar-refractivity contribution in [2.45, 2.75) is 25.8 Å². The average Bonchev–Trinajstić information content (AvgIpc) is 2.67. The Morgan fingerprint density at radius 2 is 2.11 bits per heavy atom. The van der Waals surface area contributed by atoms with Crippen LogP contribution in [0, 0.1) is 0 Å². The van der Waals surface area contributed by atoms with Gasteiger partial charge in [0.05, 0.1) is 12.6 Å². The van der Waals surface area contributed by atoms with E-state index in [2.05, 4.69) is 10.6 Å². The largest absolute Gasteiger partial charge is 0.350 e. The molecule has 1 atom stereocenters. The van der Waals surface area contributed by atoms with E-state index in [1.54, 1.807) is 19.0 Å². The molecule has 2 N–H and O–H groups in total. The van der Waals surface area contributed by atoms with Gasteiger partial charge in [0.2, 0.25) is 11.8 Å². The summed E-state index contributed by atoms with van der Waals surface area (Å²) in [5, 5.41) is 5.24. The Labute approximate surface area is 113 Å². The normalized spacial score (nSPS) is 18.4. The van der Waals surface area contributed by atoms with Crippen molar-refractivity contribution < 1.29 is 14.4 Å². The average molecular weight is 270 g/mol. The zero-order valence-corrected chi connectivity index (χ0v) is 11.7. The fraction of sp³-hybridized carbons (Fsp3) is 0.750. The van der Waals surface area contributed by atoms with Crippen LogP contribution in [-0.2, 0) is 9.59 Å². The third-order valence-corrected chi connectivity index (χ3v) is 2.88. The van der Waals surface area contributed by atoms with E-state index in [4.69, 9.17) is 0 Å². The number of hydrogen-bond acceptors (Lipinski definition) is 3. The summed E-state index contributed by atoms with van der Waals surface area (Å²) in [5.74, 6) is -0.198. The number of likely N-dealkylation sites (tertiary alicyclic amines) is 1. The molecule has 0 bridgehead atoms. The minimum Gasteiger partial charge on any atom is -0.350 e. The van der Waals surface area contributed by atoms with E-state index in [0.717, 1.165) is 13.0 Å². The number of urea groups is 1. The summed E-state index contributed by atoms with van der Waals surface area (Å²) in [6.07, 6.45) is 1.25. The lowest BCUT2D eigenvalue weighted by atomic mass is 10.2. The maximum absolute atomic E-state index is 11.6. The van der Waals surface area contributed by atoms with Crippen LogP contribution in [-0.4, -0.2) is 67.4 Å². The molecule has 0 radical (unpaired) electrons. The Balaban J connectivity index is 2.30. The topological polar surface area (TPSA) is 81.8 Å². The molecule has 7 heteroatoms. The van der Waals surface area contributed by atoms with E-state index in [9.17, 15) is 14.4 Å². The molecule has 1 fully saturated rings. The van der Waals surface area contributed by atoms with Gasteiger partial charge in [-0.05, 0) is 6.42 Å². The minimum absolute atomic E-state index is 0.0736. The summed E-state index contributed by atoms with van der Waals surface area (Å²) in [6, 6.07) is -0.465. The van der Waals surface area contributed by atoms with Gasteiger partial charge in [0.15, 0.2) is 0 Å². The Hall–Kier alpha value is -1.79. The number of carbonyl (C=O) groups excluding carboxylic acids is 3. The predicted molar refractivity (Wildman–Crippen MR) is 70.5 cm³/mol. The molecule has 19 heavy (non-hydrogen) atoms. The number of rotatable bonds is 5. The molecule has 0 aromatic carbocycles. The molecule has 1 saturated heterocycles. The molecule has 0 aliphatic carbocycles. The Kier molecular flexibility index (Phi) is 5.59. The third-order valence-electron chi connectivity index (χ3n) is 2.88. The first-order valence-corrected chi connectivity index (χ1v) is 6.46. The van der Waals surface area contributed by atoms with Gasteiger partial charge in [-0.3, -0.25) is 9.59 Å². The van der Waals surface area contributed by atoms with Crippen LogP contribution in [0.15, 0.2) is 0 Å². The van der Waals surface area contributed by atoms with Crippen LogP contribution >= 0.6 is 0 Å². The van der Waals surface area contributed by atoms with E-state index in [1.165, 1.54) is 4.90 Å².